The number of aliphatic hydroxyl groups is 1. The summed E-state index contributed by atoms with van der Waals surface area (Å²) in [5, 5.41) is 10.5. The van der Waals surface area contributed by atoms with Gasteiger partial charge in [0.2, 0.25) is 0 Å². The molecule has 2 heterocycles. The molecule has 3 aromatic rings. The van der Waals surface area contributed by atoms with Gasteiger partial charge in [-0.05, 0) is 24.6 Å². The van der Waals surface area contributed by atoms with Crippen molar-refractivity contribution < 1.29 is 5.11 Å². The van der Waals surface area contributed by atoms with Gasteiger partial charge in [-0.3, -0.25) is 4.98 Å². The first-order valence-electron chi connectivity index (χ1n) is 7.72. The number of halogens is 1. The number of H-pyrrole nitrogens is 1. The van der Waals surface area contributed by atoms with Gasteiger partial charge in [0.25, 0.3) is 0 Å². The van der Waals surface area contributed by atoms with Crippen LogP contribution in [0.3, 0.4) is 0 Å². The topological polar surface area (TPSA) is 65.0 Å². The van der Waals surface area contributed by atoms with Crippen LogP contribution in [0.15, 0.2) is 41.7 Å². The molecule has 126 valence electrons. The van der Waals surface area contributed by atoms with Gasteiger partial charge in [-0.1, -0.05) is 35.5 Å². The molecule has 7 heteroatoms. The lowest BCUT2D eigenvalue weighted by molar-refractivity contribution is 0.290. The number of hydrogen-bond acceptors (Lipinski definition) is 5. The molecule has 0 amide bonds. The summed E-state index contributed by atoms with van der Waals surface area (Å²) >= 11 is 8.10. The number of pyridine rings is 1. The number of aromatic nitrogens is 3. The Labute approximate surface area is 150 Å². The van der Waals surface area contributed by atoms with Crippen LogP contribution in [0.4, 0.5) is 5.69 Å². The molecule has 0 radical (unpaired) electrons. The summed E-state index contributed by atoms with van der Waals surface area (Å²) in [5.41, 5.74) is 3.74. The third kappa shape index (κ3) is 3.83. The number of nitrogens with one attached hydrogen (secondary N) is 1. The Morgan fingerprint density at radius 3 is 2.92 bits per heavy atom. The average molecular weight is 363 g/mol. The van der Waals surface area contributed by atoms with Crippen LogP contribution >= 0.6 is 23.4 Å². The van der Waals surface area contributed by atoms with E-state index in [4.69, 9.17) is 16.7 Å². The van der Waals surface area contributed by atoms with E-state index in [1.54, 1.807) is 18.0 Å². The highest BCUT2D eigenvalue weighted by atomic mass is 35.5. The predicted molar refractivity (Wildman–Crippen MR) is 99.9 cm³/mol. The number of aliphatic hydroxyl groups excluding tert-OH is 1. The minimum absolute atomic E-state index is 0.168. The predicted octanol–water partition coefficient (Wildman–Crippen LogP) is 3.72. The Balaban J connectivity index is 1.72. The van der Waals surface area contributed by atoms with Crippen molar-refractivity contribution in [1.82, 2.24) is 15.0 Å². The number of rotatable bonds is 7. The minimum Gasteiger partial charge on any atom is -0.396 e. The van der Waals surface area contributed by atoms with Gasteiger partial charge in [0.1, 0.15) is 0 Å². The molecule has 0 bridgehead atoms. The Morgan fingerprint density at radius 1 is 1.29 bits per heavy atom. The summed E-state index contributed by atoms with van der Waals surface area (Å²) in [6.45, 7) is 0.915. The normalized spacial score (nSPS) is 11.1. The molecule has 3 rings (SSSR count). The summed E-state index contributed by atoms with van der Waals surface area (Å²) in [5.74, 6) is 0.639. The zero-order chi connectivity index (χ0) is 16.9. The van der Waals surface area contributed by atoms with E-state index in [2.05, 4.69) is 15.0 Å². The fourth-order valence-electron chi connectivity index (χ4n) is 2.43. The van der Waals surface area contributed by atoms with E-state index in [-0.39, 0.29) is 6.61 Å². The number of benzene rings is 1. The molecular formula is C17H19ClN4OS. The number of hydrogen-bond donors (Lipinski definition) is 2. The van der Waals surface area contributed by atoms with Crippen molar-refractivity contribution in [3.63, 3.8) is 0 Å². The highest BCUT2D eigenvalue weighted by Gasteiger charge is 2.12. The maximum Gasteiger partial charge on any atom is 0.166 e. The highest BCUT2D eigenvalue weighted by Crippen LogP contribution is 2.31. The first-order chi connectivity index (χ1) is 11.7. The first kappa shape index (κ1) is 17.1. The number of fused-ring (bicyclic) bond motifs is 1. The Bertz CT molecular complexity index is 790. The van der Waals surface area contributed by atoms with Crippen LogP contribution < -0.4 is 4.90 Å². The van der Waals surface area contributed by atoms with Crippen molar-refractivity contribution in [2.75, 3.05) is 25.1 Å². The van der Waals surface area contributed by atoms with Crippen LogP contribution in [-0.4, -0.2) is 40.3 Å². The monoisotopic (exact) mass is 362 g/mol. The molecule has 0 aliphatic rings. The van der Waals surface area contributed by atoms with Gasteiger partial charge in [0, 0.05) is 32.1 Å². The van der Waals surface area contributed by atoms with Crippen LogP contribution in [0.1, 0.15) is 12.1 Å². The quantitative estimate of drug-likeness (QED) is 0.627. The lowest BCUT2D eigenvalue weighted by Crippen LogP contribution is -2.20. The van der Waals surface area contributed by atoms with E-state index in [9.17, 15) is 0 Å². The van der Waals surface area contributed by atoms with Gasteiger partial charge in [-0.25, -0.2) is 4.98 Å². The number of aromatic amines is 1. The molecule has 0 unspecified atom stereocenters. The molecule has 0 saturated carbocycles. The number of anilines is 1. The van der Waals surface area contributed by atoms with E-state index in [1.807, 2.05) is 42.3 Å². The van der Waals surface area contributed by atoms with Crippen molar-refractivity contribution in [3.8, 4) is 0 Å². The van der Waals surface area contributed by atoms with Crippen molar-refractivity contribution >= 4 is 40.1 Å². The number of nitrogens with zero attached hydrogens (tertiary/aromatic N) is 3. The van der Waals surface area contributed by atoms with Gasteiger partial charge in [-0.2, -0.15) is 0 Å². The smallest absolute Gasteiger partial charge is 0.166 e. The maximum absolute atomic E-state index is 8.97. The van der Waals surface area contributed by atoms with Gasteiger partial charge in [0.15, 0.2) is 5.16 Å². The Hall–Kier alpha value is -1.76. The second kappa shape index (κ2) is 7.88. The zero-order valence-electron chi connectivity index (χ0n) is 13.4. The summed E-state index contributed by atoms with van der Waals surface area (Å²) in [4.78, 5) is 14.3. The molecule has 2 aromatic heterocycles. The van der Waals surface area contributed by atoms with E-state index in [1.165, 1.54) is 0 Å². The molecule has 24 heavy (non-hydrogen) atoms. The third-order valence-electron chi connectivity index (χ3n) is 3.72. The molecule has 0 fully saturated rings. The van der Waals surface area contributed by atoms with Crippen LogP contribution in [0.5, 0.6) is 0 Å². The second-order valence-corrected chi connectivity index (χ2v) is 6.78. The van der Waals surface area contributed by atoms with Gasteiger partial charge < -0.3 is 15.0 Å². The molecule has 1 aromatic carbocycles. The fraction of sp³-hybridized carbons (Fsp3) is 0.294. The van der Waals surface area contributed by atoms with E-state index in [0.717, 1.165) is 34.1 Å². The van der Waals surface area contributed by atoms with Gasteiger partial charge >= 0.3 is 0 Å². The molecule has 0 atom stereocenters. The highest BCUT2D eigenvalue weighted by molar-refractivity contribution is 7.98. The maximum atomic E-state index is 8.97. The SMILES string of the molecule is CN(CCCO)c1ccnc(CSc2nc3ccccc3[nH]2)c1Cl. The summed E-state index contributed by atoms with van der Waals surface area (Å²) in [6, 6.07) is 9.85. The molecule has 2 N–H and O–H groups in total. The number of imidazole rings is 1. The molecule has 0 aliphatic carbocycles. The number of para-hydroxylation sites is 2. The van der Waals surface area contributed by atoms with E-state index < -0.39 is 0 Å². The molecule has 0 saturated heterocycles. The van der Waals surface area contributed by atoms with Crippen LogP contribution in [0.25, 0.3) is 11.0 Å². The molecular weight excluding hydrogens is 344 g/mol. The Morgan fingerprint density at radius 2 is 2.12 bits per heavy atom. The lowest BCUT2D eigenvalue weighted by atomic mass is 10.3. The lowest BCUT2D eigenvalue weighted by Gasteiger charge is -2.21. The van der Waals surface area contributed by atoms with Crippen LogP contribution in [-0.2, 0) is 5.75 Å². The fourth-order valence-corrected chi connectivity index (χ4v) is 3.67. The second-order valence-electron chi connectivity index (χ2n) is 5.44. The first-order valence-corrected chi connectivity index (χ1v) is 9.08. The van der Waals surface area contributed by atoms with Crippen LogP contribution in [0.2, 0.25) is 5.02 Å². The van der Waals surface area contributed by atoms with Crippen molar-refractivity contribution in [2.24, 2.45) is 0 Å². The summed E-state index contributed by atoms with van der Waals surface area (Å²) < 4.78 is 0. The van der Waals surface area contributed by atoms with Gasteiger partial charge in [-0.15, -0.1) is 0 Å². The van der Waals surface area contributed by atoms with Crippen LogP contribution in [0, 0.1) is 0 Å². The van der Waals surface area contributed by atoms with E-state index in [0.29, 0.717) is 17.2 Å². The van der Waals surface area contributed by atoms with E-state index >= 15 is 0 Å². The largest absolute Gasteiger partial charge is 0.396 e. The van der Waals surface area contributed by atoms with Crippen molar-refractivity contribution in [2.45, 2.75) is 17.3 Å². The Kier molecular flexibility index (Phi) is 5.60. The molecule has 0 aliphatic heterocycles. The zero-order valence-corrected chi connectivity index (χ0v) is 14.9. The summed E-state index contributed by atoms with van der Waals surface area (Å²) in [7, 11) is 1.97. The minimum atomic E-state index is 0.168. The third-order valence-corrected chi connectivity index (χ3v) is 5.01. The van der Waals surface area contributed by atoms with Crippen molar-refractivity contribution in [3.05, 3.63) is 47.2 Å². The standard InChI is InChI=1S/C17H19ClN4OS/c1-22(9-4-10-23)15-7-8-19-14(16(15)18)11-24-17-20-12-5-2-3-6-13(12)21-17/h2-3,5-8,23H,4,9-11H2,1H3,(H,20,21). The van der Waals surface area contributed by atoms with Crippen molar-refractivity contribution in [1.29, 1.82) is 0 Å². The number of thioether (sulfide) groups is 1. The molecule has 5 nitrogen and oxygen atoms in total. The summed E-state index contributed by atoms with van der Waals surface area (Å²) in [6.07, 6.45) is 2.48. The van der Waals surface area contributed by atoms with Gasteiger partial charge in [0.05, 0.1) is 27.4 Å². The average Bonchev–Trinajstić information content (AvgIpc) is 3.01. The molecule has 0 spiro atoms.